The first-order valence-electron chi connectivity index (χ1n) is 5.54. The zero-order chi connectivity index (χ0) is 11.1. The Balaban J connectivity index is 1.91. The molecule has 0 radical (unpaired) electrons. The summed E-state index contributed by atoms with van der Waals surface area (Å²) in [5, 5.41) is 0. The molecule has 3 nitrogen and oxygen atoms in total. The summed E-state index contributed by atoms with van der Waals surface area (Å²) in [6.45, 7) is 1.88. The first kappa shape index (κ1) is 9.60. The highest BCUT2D eigenvalue weighted by Gasteiger charge is 2.30. The van der Waals surface area contributed by atoms with Crippen LogP contribution in [0.3, 0.4) is 0 Å². The topological polar surface area (TPSA) is 52.0 Å². The molecule has 0 fully saturated rings. The molecule has 82 valence electrons. The van der Waals surface area contributed by atoms with Crippen molar-refractivity contribution in [2.24, 2.45) is 5.73 Å². The quantitative estimate of drug-likeness (QED) is 0.835. The van der Waals surface area contributed by atoms with E-state index in [9.17, 15) is 0 Å². The summed E-state index contributed by atoms with van der Waals surface area (Å²) >= 11 is 0. The van der Waals surface area contributed by atoms with Crippen LogP contribution in [0.2, 0.25) is 0 Å². The predicted octanol–water partition coefficient (Wildman–Crippen LogP) is 2.38. The van der Waals surface area contributed by atoms with E-state index in [1.165, 1.54) is 11.1 Å². The standard InChI is InChI=1S/C13H14N2O/c1-8(14)13-15-7-12(16-13)11-6-9-4-2-3-5-10(9)11/h2-5,7-8,11H,6,14H2,1H3. The van der Waals surface area contributed by atoms with Gasteiger partial charge in [0.25, 0.3) is 0 Å². The largest absolute Gasteiger partial charge is 0.443 e. The second-order valence-electron chi connectivity index (χ2n) is 4.35. The van der Waals surface area contributed by atoms with E-state index in [4.69, 9.17) is 10.2 Å². The van der Waals surface area contributed by atoms with Crippen LogP contribution in [0.25, 0.3) is 0 Å². The zero-order valence-corrected chi connectivity index (χ0v) is 9.18. The molecule has 1 aromatic carbocycles. The lowest BCUT2D eigenvalue weighted by Crippen LogP contribution is -2.17. The van der Waals surface area contributed by atoms with Crippen molar-refractivity contribution in [3.8, 4) is 0 Å². The van der Waals surface area contributed by atoms with Gasteiger partial charge in [0.15, 0.2) is 0 Å². The molecular formula is C13H14N2O. The Bertz CT molecular complexity index is 516. The van der Waals surface area contributed by atoms with E-state index in [0.29, 0.717) is 11.8 Å². The monoisotopic (exact) mass is 214 g/mol. The number of oxazole rings is 1. The van der Waals surface area contributed by atoms with Crippen LogP contribution >= 0.6 is 0 Å². The Kier molecular flexibility index (Phi) is 2.07. The number of benzene rings is 1. The molecule has 0 spiro atoms. The van der Waals surface area contributed by atoms with Gasteiger partial charge in [0.2, 0.25) is 5.89 Å². The lowest BCUT2D eigenvalue weighted by molar-refractivity contribution is 0.407. The number of aromatic nitrogens is 1. The molecule has 1 aliphatic carbocycles. The van der Waals surface area contributed by atoms with Gasteiger partial charge in [-0.05, 0) is 24.5 Å². The number of nitrogens with two attached hydrogens (primary N) is 1. The highest BCUT2D eigenvalue weighted by molar-refractivity contribution is 5.44. The second kappa shape index (κ2) is 3.46. The van der Waals surface area contributed by atoms with E-state index in [1.54, 1.807) is 6.20 Å². The van der Waals surface area contributed by atoms with Gasteiger partial charge in [0.05, 0.1) is 12.2 Å². The Morgan fingerprint density at radius 3 is 2.94 bits per heavy atom. The lowest BCUT2D eigenvalue weighted by Gasteiger charge is -2.27. The Morgan fingerprint density at radius 2 is 2.25 bits per heavy atom. The minimum atomic E-state index is -0.135. The van der Waals surface area contributed by atoms with Crippen molar-refractivity contribution in [1.82, 2.24) is 4.98 Å². The van der Waals surface area contributed by atoms with Crippen LogP contribution in [0.5, 0.6) is 0 Å². The van der Waals surface area contributed by atoms with Crippen molar-refractivity contribution in [3.63, 3.8) is 0 Å². The van der Waals surface area contributed by atoms with Crippen LogP contribution in [0, 0.1) is 0 Å². The van der Waals surface area contributed by atoms with E-state index < -0.39 is 0 Å². The smallest absolute Gasteiger partial charge is 0.211 e. The number of hydrogen-bond acceptors (Lipinski definition) is 3. The number of hydrogen-bond donors (Lipinski definition) is 1. The van der Waals surface area contributed by atoms with Crippen molar-refractivity contribution in [2.45, 2.75) is 25.3 Å². The van der Waals surface area contributed by atoms with Crippen LogP contribution in [0.15, 0.2) is 34.9 Å². The van der Waals surface area contributed by atoms with Gasteiger partial charge in [-0.2, -0.15) is 0 Å². The van der Waals surface area contributed by atoms with Crippen molar-refractivity contribution in [2.75, 3.05) is 0 Å². The van der Waals surface area contributed by atoms with E-state index in [-0.39, 0.29) is 6.04 Å². The highest BCUT2D eigenvalue weighted by atomic mass is 16.4. The van der Waals surface area contributed by atoms with Crippen molar-refractivity contribution < 1.29 is 4.42 Å². The summed E-state index contributed by atoms with van der Waals surface area (Å²) in [5.41, 5.74) is 8.49. The molecule has 2 aromatic rings. The van der Waals surface area contributed by atoms with Crippen LogP contribution in [0.1, 0.15) is 41.7 Å². The molecule has 0 saturated carbocycles. The summed E-state index contributed by atoms with van der Waals surface area (Å²) in [5.74, 6) is 1.93. The summed E-state index contributed by atoms with van der Waals surface area (Å²) in [7, 11) is 0. The Labute approximate surface area is 94.3 Å². The summed E-state index contributed by atoms with van der Waals surface area (Å²) in [6, 6.07) is 8.31. The van der Waals surface area contributed by atoms with Gasteiger partial charge in [0.1, 0.15) is 5.76 Å². The third kappa shape index (κ3) is 1.36. The van der Waals surface area contributed by atoms with E-state index in [1.807, 2.05) is 6.92 Å². The Morgan fingerprint density at radius 1 is 1.44 bits per heavy atom. The predicted molar refractivity (Wildman–Crippen MR) is 61.1 cm³/mol. The molecule has 3 rings (SSSR count). The second-order valence-corrected chi connectivity index (χ2v) is 4.35. The molecule has 16 heavy (non-hydrogen) atoms. The van der Waals surface area contributed by atoms with Crippen molar-refractivity contribution in [1.29, 1.82) is 0 Å². The molecule has 3 heteroatoms. The van der Waals surface area contributed by atoms with E-state index in [0.717, 1.165) is 12.2 Å². The first-order valence-corrected chi connectivity index (χ1v) is 5.54. The molecule has 0 bridgehead atoms. The van der Waals surface area contributed by atoms with Crippen LogP contribution in [0.4, 0.5) is 0 Å². The molecule has 1 aliphatic rings. The normalized spacial score (nSPS) is 20.0. The molecule has 2 N–H and O–H groups in total. The van der Waals surface area contributed by atoms with Crippen LogP contribution < -0.4 is 5.73 Å². The van der Waals surface area contributed by atoms with Gasteiger partial charge in [-0.25, -0.2) is 4.98 Å². The molecular weight excluding hydrogens is 200 g/mol. The minimum absolute atomic E-state index is 0.135. The van der Waals surface area contributed by atoms with Gasteiger partial charge < -0.3 is 10.2 Å². The maximum absolute atomic E-state index is 5.73. The van der Waals surface area contributed by atoms with Gasteiger partial charge in [0, 0.05) is 5.92 Å². The molecule has 1 aromatic heterocycles. The molecule has 0 aliphatic heterocycles. The first-order chi connectivity index (χ1) is 7.75. The fourth-order valence-corrected chi connectivity index (χ4v) is 2.18. The summed E-state index contributed by atoms with van der Waals surface area (Å²) in [4.78, 5) is 4.20. The molecule has 0 saturated heterocycles. The molecule has 1 heterocycles. The number of nitrogens with zero attached hydrogens (tertiary/aromatic N) is 1. The lowest BCUT2D eigenvalue weighted by atomic mass is 9.76. The van der Waals surface area contributed by atoms with Crippen molar-refractivity contribution in [3.05, 3.63) is 53.2 Å². The highest BCUT2D eigenvalue weighted by Crippen LogP contribution is 2.40. The average Bonchev–Trinajstić information content (AvgIpc) is 2.69. The number of fused-ring (bicyclic) bond motifs is 1. The number of rotatable bonds is 2. The maximum atomic E-state index is 5.73. The summed E-state index contributed by atoms with van der Waals surface area (Å²) in [6.07, 6.45) is 2.85. The van der Waals surface area contributed by atoms with E-state index in [2.05, 4.69) is 29.2 Å². The summed E-state index contributed by atoms with van der Waals surface area (Å²) < 4.78 is 5.67. The van der Waals surface area contributed by atoms with Gasteiger partial charge in [-0.15, -0.1) is 0 Å². The Hall–Kier alpha value is -1.61. The van der Waals surface area contributed by atoms with Gasteiger partial charge in [-0.1, -0.05) is 24.3 Å². The fraction of sp³-hybridized carbons (Fsp3) is 0.308. The maximum Gasteiger partial charge on any atom is 0.211 e. The molecule has 0 amide bonds. The van der Waals surface area contributed by atoms with Crippen LogP contribution in [-0.4, -0.2) is 4.98 Å². The van der Waals surface area contributed by atoms with Crippen LogP contribution in [-0.2, 0) is 6.42 Å². The SMILES string of the molecule is CC(N)c1ncc(C2Cc3ccccc32)o1. The third-order valence-electron chi connectivity index (χ3n) is 3.13. The third-order valence-corrected chi connectivity index (χ3v) is 3.13. The van der Waals surface area contributed by atoms with Gasteiger partial charge >= 0.3 is 0 Å². The van der Waals surface area contributed by atoms with Crippen molar-refractivity contribution >= 4 is 0 Å². The average molecular weight is 214 g/mol. The molecule has 2 atom stereocenters. The minimum Gasteiger partial charge on any atom is -0.443 e. The zero-order valence-electron chi connectivity index (χ0n) is 9.18. The fourth-order valence-electron chi connectivity index (χ4n) is 2.18. The van der Waals surface area contributed by atoms with Gasteiger partial charge in [-0.3, -0.25) is 0 Å². The molecule has 2 unspecified atom stereocenters. The van der Waals surface area contributed by atoms with E-state index >= 15 is 0 Å².